The number of anilines is 1. The molecule has 6 heteroatoms. The molecule has 0 atom stereocenters. The molecule has 0 amide bonds. The largest absolute Gasteiger partial charge is 0.478 e. The SMILES string of the molecule is CCCS(=O)(=O)N1CCCc2c(C(=O)O)cccc21. The molecule has 1 aliphatic rings. The number of nitrogens with zero attached hydrogens (tertiary/aromatic N) is 1. The molecule has 0 spiro atoms. The summed E-state index contributed by atoms with van der Waals surface area (Å²) in [4.78, 5) is 11.2. The summed E-state index contributed by atoms with van der Waals surface area (Å²) in [7, 11) is -3.35. The quantitative estimate of drug-likeness (QED) is 0.915. The average Bonchev–Trinajstić information content (AvgIpc) is 2.37. The Morgan fingerprint density at radius 2 is 2.16 bits per heavy atom. The minimum absolute atomic E-state index is 0.0870. The summed E-state index contributed by atoms with van der Waals surface area (Å²) in [6, 6.07) is 4.81. The van der Waals surface area contributed by atoms with Crippen molar-refractivity contribution in [3.05, 3.63) is 29.3 Å². The molecule has 0 unspecified atom stereocenters. The molecule has 104 valence electrons. The van der Waals surface area contributed by atoms with Crippen LogP contribution in [-0.4, -0.2) is 31.8 Å². The van der Waals surface area contributed by atoms with Gasteiger partial charge in [0, 0.05) is 6.54 Å². The van der Waals surface area contributed by atoms with Crippen LogP contribution in [0, 0.1) is 0 Å². The smallest absolute Gasteiger partial charge is 0.336 e. The van der Waals surface area contributed by atoms with Crippen molar-refractivity contribution in [2.75, 3.05) is 16.6 Å². The number of carbonyl (C=O) groups is 1. The van der Waals surface area contributed by atoms with Crippen LogP contribution >= 0.6 is 0 Å². The highest BCUT2D eigenvalue weighted by Gasteiger charge is 2.28. The Kier molecular flexibility index (Phi) is 3.80. The second kappa shape index (κ2) is 5.21. The van der Waals surface area contributed by atoms with E-state index in [4.69, 9.17) is 5.11 Å². The molecular weight excluding hydrogens is 266 g/mol. The second-order valence-corrected chi connectivity index (χ2v) is 6.61. The highest BCUT2D eigenvalue weighted by molar-refractivity contribution is 7.92. The number of carboxylic acid groups (broad SMARTS) is 1. The normalized spacial score (nSPS) is 15.1. The molecule has 0 saturated heterocycles. The Bertz CT molecular complexity index is 595. The predicted molar refractivity (Wildman–Crippen MR) is 73.1 cm³/mol. The van der Waals surface area contributed by atoms with Gasteiger partial charge < -0.3 is 5.11 Å². The molecule has 0 fully saturated rings. The van der Waals surface area contributed by atoms with E-state index in [1.54, 1.807) is 12.1 Å². The van der Waals surface area contributed by atoms with Gasteiger partial charge >= 0.3 is 5.97 Å². The Morgan fingerprint density at radius 1 is 1.42 bits per heavy atom. The van der Waals surface area contributed by atoms with Gasteiger partial charge in [0.15, 0.2) is 0 Å². The molecular formula is C13H17NO4S. The van der Waals surface area contributed by atoms with Crippen LogP contribution < -0.4 is 4.31 Å². The molecule has 0 saturated carbocycles. The molecule has 2 rings (SSSR count). The summed E-state index contributed by atoms with van der Waals surface area (Å²) in [5.41, 5.74) is 1.36. The van der Waals surface area contributed by atoms with Crippen LogP contribution in [0.5, 0.6) is 0 Å². The van der Waals surface area contributed by atoms with Gasteiger partial charge in [-0.2, -0.15) is 0 Å². The average molecular weight is 283 g/mol. The maximum Gasteiger partial charge on any atom is 0.336 e. The number of rotatable bonds is 4. The fraction of sp³-hybridized carbons (Fsp3) is 0.462. The summed E-state index contributed by atoms with van der Waals surface area (Å²) in [6.45, 7) is 2.24. The van der Waals surface area contributed by atoms with Crippen LogP contribution in [0.2, 0.25) is 0 Å². The zero-order valence-electron chi connectivity index (χ0n) is 10.8. The number of benzene rings is 1. The van der Waals surface area contributed by atoms with Crippen molar-refractivity contribution in [2.24, 2.45) is 0 Å². The van der Waals surface area contributed by atoms with Crippen LogP contribution in [0.1, 0.15) is 35.7 Å². The number of hydrogen-bond acceptors (Lipinski definition) is 3. The predicted octanol–water partition coefficient (Wildman–Crippen LogP) is 1.88. The van der Waals surface area contributed by atoms with Gasteiger partial charge in [-0.3, -0.25) is 4.31 Å². The molecule has 0 aromatic heterocycles. The van der Waals surface area contributed by atoms with Crippen LogP contribution in [-0.2, 0) is 16.4 Å². The Morgan fingerprint density at radius 3 is 2.79 bits per heavy atom. The standard InChI is InChI=1S/C13H17NO4S/c1-2-9-19(17,18)14-8-4-6-10-11(13(15)16)5-3-7-12(10)14/h3,5,7H,2,4,6,8-9H2,1H3,(H,15,16). The molecule has 1 heterocycles. The van der Waals surface area contributed by atoms with E-state index in [1.165, 1.54) is 10.4 Å². The van der Waals surface area contributed by atoms with Crippen molar-refractivity contribution in [2.45, 2.75) is 26.2 Å². The van der Waals surface area contributed by atoms with E-state index in [9.17, 15) is 13.2 Å². The first-order valence-corrected chi connectivity index (χ1v) is 7.94. The lowest BCUT2D eigenvalue weighted by Crippen LogP contribution is -2.37. The van der Waals surface area contributed by atoms with E-state index >= 15 is 0 Å². The number of sulfonamides is 1. The summed E-state index contributed by atoms with van der Waals surface area (Å²) in [6.07, 6.45) is 1.81. The molecule has 1 aliphatic heterocycles. The van der Waals surface area contributed by atoms with Crippen LogP contribution in [0.15, 0.2) is 18.2 Å². The van der Waals surface area contributed by atoms with E-state index in [2.05, 4.69) is 0 Å². The van der Waals surface area contributed by atoms with Crippen molar-refractivity contribution >= 4 is 21.7 Å². The van der Waals surface area contributed by atoms with Gasteiger partial charge in [0.1, 0.15) is 0 Å². The fourth-order valence-electron chi connectivity index (χ4n) is 2.45. The highest BCUT2D eigenvalue weighted by Crippen LogP contribution is 2.32. The number of hydrogen-bond donors (Lipinski definition) is 1. The van der Waals surface area contributed by atoms with Gasteiger partial charge in [-0.05, 0) is 37.0 Å². The first kappa shape index (κ1) is 13.9. The van der Waals surface area contributed by atoms with Gasteiger partial charge in [0.2, 0.25) is 10.0 Å². The van der Waals surface area contributed by atoms with Gasteiger partial charge in [-0.25, -0.2) is 13.2 Å². The van der Waals surface area contributed by atoms with Gasteiger partial charge in [0.05, 0.1) is 17.0 Å². The fourth-order valence-corrected chi connectivity index (χ4v) is 4.06. The third-order valence-corrected chi connectivity index (χ3v) is 5.21. The van der Waals surface area contributed by atoms with Crippen molar-refractivity contribution in [3.8, 4) is 0 Å². The molecule has 0 aliphatic carbocycles. The lowest BCUT2D eigenvalue weighted by atomic mass is 9.98. The van der Waals surface area contributed by atoms with Gasteiger partial charge in [0.25, 0.3) is 0 Å². The van der Waals surface area contributed by atoms with Crippen LogP contribution in [0.25, 0.3) is 0 Å². The van der Waals surface area contributed by atoms with Crippen LogP contribution in [0.4, 0.5) is 5.69 Å². The molecule has 1 aromatic carbocycles. The summed E-state index contributed by atoms with van der Waals surface area (Å²) >= 11 is 0. The number of fused-ring (bicyclic) bond motifs is 1. The lowest BCUT2D eigenvalue weighted by molar-refractivity contribution is 0.0695. The minimum Gasteiger partial charge on any atom is -0.478 e. The zero-order chi connectivity index (χ0) is 14.0. The Hall–Kier alpha value is -1.56. The molecule has 19 heavy (non-hydrogen) atoms. The van der Waals surface area contributed by atoms with E-state index in [1.807, 2.05) is 6.92 Å². The van der Waals surface area contributed by atoms with E-state index in [-0.39, 0.29) is 11.3 Å². The Balaban J connectivity index is 2.52. The third-order valence-electron chi connectivity index (χ3n) is 3.24. The van der Waals surface area contributed by atoms with Gasteiger partial charge in [-0.15, -0.1) is 0 Å². The molecule has 1 aromatic rings. The molecule has 5 nitrogen and oxygen atoms in total. The highest BCUT2D eigenvalue weighted by atomic mass is 32.2. The summed E-state index contributed by atoms with van der Waals surface area (Å²) < 4.78 is 25.8. The minimum atomic E-state index is -3.35. The molecule has 0 radical (unpaired) electrons. The van der Waals surface area contributed by atoms with Crippen molar-refractivity contribution in [3.63, 3.8) is 0 Å². The first-order chi connectivity index (χ1) is 8.97. The van der Waals surface area contributed by atoms with Gasteiger partial charge in [-0.1, -0.05) is 13.0 Å². The summed E-state index contributed by atoms with van der Waals surface area (Å²) in [5, 5.41) is 9.17. The maximum absolute atomic E-state index is 12.2. The second-order valence-electron chi connectivity index (χ2n) is 4.60. The molecule has 0 bridgehead atoms. The van der Waals surface area contributed by atoms with Crippen molar-refractivity contribution in [1.29, 1.82) is 0 Å². The van der Waals surface area contributed by atoms with Crippen molar-refractivity contribution in [1.82, 2.24) is 0 Å². The maximum atomic E-state index is 12.2. The Labute approximate surface area is 112 Å². The van der Waals surface area contributed by atoms with E-state index in [0.29, 0.717) is 37.1 Å². The molecule has 1 N–H and O–H groups in total. The lowest BCUT2D eigenvalue weighted by Gasteiger charge is -2.31. The zero-order valence-corrected chi connectivity index (χ0v) is 11.6. The number of aromatic carboxylic acids is 1. The summed E-state index contributed by atoms with van der Waals surface area (Å²) in [5.74, 6) is -0.921. The van der Waals surface area contributed by atoms with E-state index in [0.717, 1.165) is 0 Å². The monoisotopic (exact) mass is 283 g/mol. The van der Waals surface area contributed by atoms with Crippen molar-refractivity contribution < 1.29 is 18.3 Å². The number of carboxylic acids is 1. The van der Waals surface area contributed by atoms with E-state index < -0.39 is 16.0 Å². The first-order valence-electron chi connectivity index (χ1n) is 6.33. The van der Waals surface area contributed by atoms with Crippen LogP contribution in [0.3, 0.4) is 0 Å². The third kappa shape index (κ3) is 2.58. The topological polar surface area (TPSA) is 74.7 Å².